The van der Waals surface area contributed by atoms with Crippen molar-refractivity contribution >= 4 is 28.9 Å². The molecule has 0 bridgehead atoms. The van der Waals surface area contributed by atoms with E-state index in [0.717, 1.165) is 22.4 Å². The minimum absolute atomic E-state index is 0.0382. The predicted octanol–water partition coefficient (Wildman–Crippen LogP) is 6.09. The van der Waals surface area contributed by atoms with Crippen molar-refractivity contribution in [2.45, 2.75) is 6.92 Å². The zero-order chi connectivity index (χ0) is 23.9. The third-order valence-electron chi connectivity index (χ3n) is 5.10. The lowest BCUT2D eigenvalue weighted by Crippen LogP contribution is -2.16. The van der Waals surface area contributed by atoms with E-state index >= 15 is 0 Å². The second kappa shape index (κ2) is 10.2. The smallest absolute Gasteiger partial charge is 0.337 e. The highest BCUT2D eigenvalue weighted by atomic mass is 16.4. The number of carboxylic acids is 1. The summed E-state index contributed by atoms with van der Waals surface area (Å²) in [5.74, 6) is 4.73. The lowest BCUT2D eigenvalue weighted by molar-refractivity contribution is 0.0698. The van der Waals surface area contributed by atoms with Crippen LogP contribution in [0, 0.1) is 18.8 Å². The van der Waals surface area contributed by atoms with E-state index < -0.39 is 11.9 Å². The molecule has 0 spiro atoms. The molecule has 0 aliphatic heterocycles. The maximum atomic E-state index is 13.2. The van der Waals surface area contributed by atoms with Gasteiger partial charge in [0.1, 0.15) is 0 Å². The zero-order valence-corrected chi connectivity index (χ0v) is 18.5. The first-order chi connectivity index (χ1) is 16.5. The fourth-order valence-electron chi connectivity index (χ4n) is 3.40. The maximum absolute atomic E-state index is 13.2. The summed E-state index contributed by atoms with van der Waals surface area (Å²) in [6.45, 7) is 1.80. The molecule has 5 heteroatoms. The van der Waals surface area contributed by atoms with Gasteiger partial charge in [-0.15, -0.1) is 0 Å². The number of rotatable bonds is 5. The Bertz CT molecular complexity index is 1400. The Hall–Kier alpha value is -4.82. The molecule has 0 heterocycles. The fraction of sp³-hybridized carbons (Fsp3) is 0.0345. The van der Waals surface area contributed by atoms with Gasteiger partial charge < -0.3 is 15.7 Å². The number of aryl methyl sites for hydroxylation is 1. The normalized spacial score (nSPS) is 10.0. The SMILES string of the molecule is Cc1ccc(NC(=O)c2ccc(C#Cc3ccccc3)cc2Nc2ccccc2)c(C(=O)O)c1. The number of carbonyl (C=O) groups is 2. The Labute approximate surface area is 198 Å². The molecule has 0 atom stereocenters. The standard InChI is InChI=1S/C29H22N2O3/c1-20-12-17-26(25(18-20)29(33)34)31-28(32)24-16-15-22(14-13-21-8-4-2-5-9-21)19-27(24)30-23-10-6-3-7-11-23/h2-12,15-19,30H,1H3,(H,31,32)(H,33,34). The van der Waals surface area contributed by atoms with E-state index in [2.05, 4.69) is 22.5 Å². The second-order valence-corrected chi connectivity index (χ2v) is 7.68. The van der Waals surface area contributed by atoms with E-state index in [1.165, 1.54) is 6.07 Å². The van der Waals surface area contributed by atoms with Gasteiger partial charge in [-0.1, -0.05) is 59.9 Å². The minimum Gasteiger partial charge on any atom is -0.478 e. The first kappa shape index (κ1) is 22.4. The molecule has 0 aliphatic carbocycles. The molecule has 4 rings (SSSR count). The molecule has 0 radical (unpaired) electrons. The molecule has 166 valence electrons. The Kier molecular flexibility index (Phi) is 6.71. The quantitative estimate of drug-likeness (QED) is 0.324. The van der Waals surface area contributed by atoms with E-state index in [4.69, 9.17) is 0 Å². The Balaban J connectivity index is 1.69. The summed E-state index contributed by atoms with van der Waals surface area (Å²) in [4.78, 5) is 24.9. The van der Waals surface area contributed by atoms with Gasteiger partial charge in [0.2, 0.25) is 0 Å². The van der Waals surface area contributed by atoms with Crippen LogP contribution in [-0.4, -0.2) is 17.0 Å². The van der Waals surface area contributed by atoms with Gasteiger partial charge in [-0.2, -0.15) is 0 Å². The molecular formula is C29H22N2O3. The number of nitrogens with one attached hydrogen (secondary N) is 2. The number of para-hydroxylation sites is 1. The molecule has 0 unspecified atom stereocenters. The number of amides is 1. The topological polar surface area (TPSA) is 78.4 Å². The first-order valence-electron chi connectivity index (χ1n) is 10.7. The van der Waals surface area contributed by atoms with Crippen molar-refractivity contribution in [3.8, 4) is 11.8 Å². The number of aromatic carboxylic acids is 1. The summed E-state index contributed by atoms with van der Waals surface area (Å²) in [6, 6.07) is 29.3. The van der Waals surface area contributed by atoms with Gasteiger partial charge in [-0.3, -0.25) is 4.79 Å². The maximum Gasteiger partial charge on any atom is 0.337 e. The largest absolute Gasteiger partial charge is 0.478 e. The van der Waals surface area contributed by atoms with Crippen molar-refractivity contribution in [1.29, 1.82) is 0 Å². The molecular weight excluding hydrogens is 424 g/mol. The number of benzene rings is 4. The van der Waals surface area contributed by atoms with Crippen LogP contribution < -0.4 is 10.6 Å². The molecule has 0 saturated carbocycles. The highest BCUT2D eigenvalue weighted by Crippen LogP contribution is 2.25. The molecule has 1 amide bonds. The van der Waals surface area contributed by atoms with E-state index in [0.29, 0.717) is 11.3 Å². The van der Waals surface area contributed by atoms with Crippen LogP contribution in [0.5, 0.6) is 0 Å². The molecule has 4 aromatic rings. The van der Waals surface area contributed by atoms with Crippen LogP contribution in [-0.2, 0) is 0 Å². The monoisotopic (exact) mass is 446 g/mol. The third kappa shape index (κ3) is 5.50. The van der Waals surface area contributed by atoms with E-state index in [-0.39, 0.29) is 11.3 Å². The molecule has 0 aromatic heterocycles. The average molecular weight is 447 g/mol. The van der Waals surface area contributed by atoms with Gasteiger partial charge in [0.25, 0.3) is 5.91 Å². The molecule has 34 heavy (non-hydrogen) atoms. The Morgan fingerprint density at radius 3 is 2.09 bits per heavy atom. The summed E-state index contributed by atoms with van der Waals surface area (Å²) < 4.78 is 0. The van der Waals surface area contributed by atoms with Crippen LogP contribution in [0.1, 0.15) is 37.4 Å². The summed E-state index contributed by atoms with van der Waals surface area (Å²) >= 11 is 0. The van der Waals surface area contributed by atoms with Crippen LogP contribution in [0.15, 0.2) is 97.1 Å². The summed E-state index contributed by atoms with van der Waals surface area (Å²) in [5, 5.41) is 15.6. The number of hydrogen-bond donors (Lipinski definition) is 3. The number of hydrogen-bond acceptors (Lipinski definition) is 3. The average Bonchev–Trinajstić information content (AvgIpc) is 2.85. The highest BCUT2D eigenvalue weighted by Gasteiger charge is 2.17. The zero-order valence-electron chi connectivity index (χ0n) is 18.5. The van der Waals surface area contributed by atoms with Gasteiger partial charge >= 0.3 is 5.97 Å². The third-order valence-corrected chi connectivity index (χ3v) is 5.10. The van der Waals surface area contributed by atoms with Gasteiger partial charge in [0, 0.05) is 16.8 Å². The lowest BCUT2D eigenvalue weighted by atomic mass is 10.1. The van der Waals surface area contributed by atoms with E-state index in [1.54, 1.807) is 31.2 Å². The molecule has 5 nitrogen and oxygen atoms in total. The van der Waals surface area contributed by atoms with Crippen molar-refractivity contribution in [2.24, 2.45) is 0 Å². The second-order valence-electron chi connectivity index (χ2n) is 7.68. The van der Waals surface area contributed by atoms with Crippen LogP contribution >= 0.6 is 0 Å². The minimum atomic E-state index is -1.10. The van der Waals surface area contributed by atoms with Crippen LogP contribution in [0.4, 0.5) is 17.1 Å². The van der Waals surface area contributed by atoms with Crippen molar-refractivity contribution in [2.75, 3.05) is 10.6 Å². The summed E-state index contributed by atoms with van der Waals surface area (Å²) in [6.07, 6.45) is 0. The molecule has 0 aliphatic rings. The van der Waals surface area contributed by atoms with Crippen molar-refractivity contribution < 1.29 is 14.7 Å². The van der Waals surface area contributed by atoms with Crippen molar-refractivity contribution in [1.82, 2.24) is 0 Å². The van der Waals surface area contributed by atoms with Crippen LogP contribution in [0.25, 0.3) is 0 Å². The molecule has 0 saturated heterocycles. The van der Waals surface area contributed by atoms with Gasteiger partial charge in [0.15, 0.2) is 0 Å². The summed E-state index contributed by atoms with van der Waals surface area (Å²) in [7, 11) is 0. The van der Waals surface area contributed by atoms with E-state index in [1.807, 2.05) is 66.7 Å². The Morgan fingerprint density at radius 1 is 0.706 bits per heavy atom. The predicted molar refractivity (Wildman–Crippen MR) is 135 cm³/mol. The first-order valence-corrected chi connectivity index (χ1v) is 10.7. The van der Waals surface area contributed by atoms with Gasteiger partial charge in [-0.25, -0.2) is 4.79 Å². The van der Waals surface area contributed by atoms with Crippen molar-refractivity contribution in [3.63, 3.8) is 0 Å². The van der Waals surface area contributed by atoms with Crippen LogP contribution in [0.2, 0.25) is 0 Å². The lowest BCUT2D eigenvalue weighted by Gasteiger charge is -2.14. The molecule has 3 N–H and O–H groups in total. The number of anilines is 3. The number of carbonyl (C=O) groups excluding carboxylic acids is 1. The highest BCUT2D eigenvalue weighted by molar-refractivity contribution is 6.11. The van der Waals surface area contributed by atoms with Gasteiger partial charge in [-0.05, 0) is 61.5 Å². The fourth-order valence-corrected chi connectivity index (χ4v) is 3.40. The van der Waals surface area contributed by atoms with E-state index in [9.17, 15) is 14.7 Å². The molecule has 0 fully saturated rings. The van der Waals surface area contributed by atoms with Gasteiger partial charge in [0.05, 0.1) is 22.5 Å². The van der Waals surface area contributed by atoms with Crippen molar-refractivity contribution in [3.05, 3.63) is 125 Å². The summed E-state index contributed by atoms with van der Waals surface area (Å²) in [5.41, 5.74) is 4.44. The molecule has 4 aromatic carbocycles. The van der Waals surface area contributed by atoms with Crippen LogP contribution in [0.3, 0.4) is 0 Å². The Morgan fingerprint density at radius 2 is 1.38 bits per heavy atom. The number of carboxylic acid groups (broad SMARTS) is 1.